The molecule has 1 amide bonds. The van der Waals surface area contributed by atoms with Gasteiger partial charge in [0.2, 0.25) is 5.91 Å². The largest absolute Gasteiger partial charge is 0.472 e. The molecule has 76 heavy (non-hydrogen) atoms. The Bertz CT molecular complexity index is 1620. The van der Waals surface area contributed by atoms with E-state index in [-0.39, 0.29) is 31.5 Å². The number of hydrogen-bond acceptors (Lipinski definition) is 6. The van der Waals surface area contributed by atoms with Crippen molar-refractivity contribution in [2.75, 3.05) is 40.9 Å². The lowest BCUT2D eigenvalue weighted by molar-refractivity contribution is -0.870. The third-order valence-corrected chi connectivity index (χ3v) is 14.2. The van der Waals surface area contributed by atoms with Crippen molar-refractivity contribution < 1.29 is 37.3 Å². The molecule has 0 heterocycles. The highest BCUT2D eigenvalue weighted by Gasteiger charge is 2.30. The second-order valence-corrected chi connectivity index (χ2v) is 23.3. The fourth-order valence-electron chi connectivity index (χ4n) is 8.47. The monoisotopic (exact) mass is 1080 g/mol. The molecule has 0 aliphatic carbocycles. The molecule has 3 atom stereocenters. The van der Waals surface area contributed by atoms with Crippen LogP contribution in [0.25, 0.3) is 0 Å². The number of rotatable bonds is 55. The Morgan fingerprint density at radius 1 is 0.474 bits per heavy atom. The van der Waals surface area contributed by atoms with Crippen molar-refractivity contribution in [2.45, 2.75) is 270 Å². The molecule has 0 bridgehead atoms. The van der Waals surface area contributed by atoms with E-state index in [1.807, 2.05) is 33.3 Å². The van der Waals surface area contributed by atoms with Gasteiger partial charge in [-0.2, -0.15) is 0 Å². The van der Waals surface area contributed by atoms with Gasteiger partial charge in [0.15, 0.2) is 0 Å². The lowest BCUT2D eigenvalue weighted by Gasteiger charge is -2.27. The third kappa shape index (κ3) is 55.7. The third-order valence-electron chi connectivity index (χ3n) is 13.3. The zero-order chi connectivity index (χ0) is 55.7. The number of amides is 1. The van der Waals surface area contributed by atoms with Gasteiger partial charge in [-0.1, -0.05) is 234 Å². The molecule has 9 nitrogen and oxygen atoms in total. The zero-order valence-electron chi connectivity index (χ0n) is 50.0. The topological polar surface area (TPSA) is 111 Å². The molecule has 0 radical (unpaired) electrons. The summed E-state index contributed by atoms with van der Waals surface area (Å²) in [6.07, 6.45) is 74.0. The Labute approximate surface area is 468 Å². The van der Waals surface area contributed by atoms with Crippen LogP contribution in [0.1, 0.15) is 258 Å². The highest BCUT2D eigenvalue weighted by Crippen LogP contribution is 2.43. The minimum Gasteiger partial charge on any atom is -0.456 e. The van der Waals surface area contributed by atoms with Gasteiger partial charge in [-0.25, -0.2) is 4.57 Å². The number of phosphoric acid groups is 1. The summed E-state index contributed by atoms with van der Waals surface area (Å²) >= 11 is 0. The predicted octanol–water partition coefficient (Wildman–Crippen LogP) is 19.2. The maximum Gasteiger partial charge on any atom is 0.472 e. The van der Waals surface area contributed by atoms with Crippen LogP contribution in [0.15, 0.2) is 97.2 Å². The minimum atomic E-state index is -4.46. The minimum absolute atomic E-state index is 0.0296. The Balaban J connectivity index is 5.29. The first kappa shape index (κ1) is 72.9. The molecular weight excluding hydrogens is 964 g/mol. The van der Waals surface area contributed by atoms with Crippen LogP contribution in [-0.4, -0.2) is 74.3 Å². The average molecular weight is 1080 g/mol. The number of quaternary nitrogens is 1. The molecule has 0 aromatic rings. The summed E-state index contributed by atoms with van der Waals surface area (Å²) in [6.45, 7) is 6.84. The van der Waals surface area contributed by atoms with Gasteiger partial charge in [-0.3, -0.25) is 18.6 Å². The first-order valence-electron chi connectivity index (χ1n) is 31.1. The van der Waals surface area contributed by atoms with Gasteiger partial charge in [0.05, 0.1) is 33.8 Å². The number of phosphoric ester groups is 1. The molecule has 10 heteroatoms. The van der Waals surface area contributed by atoms with Gasteiger partial charge in [0, 0.05) is 12.8 Å². The summed E-state index contributed by atoms with van der Waals surface area (Å²) in [5.41, 5.74) is 0. The van der Waals surface area contributed by atoms with Crippen LogP contribution in [-0.2, 0) is 27.9 Å². The van der Waals surface area contributed by atoms with Crippen LogP contribution in [0.2, 0.25) is 0 Å². The highest BCUT2D eigenvalue weighted by atomic mass is 31.2. The summed E-state index contributed by atoms with van der Waals surface area (Å²) in [7, 11) is 1.46. The van der Waals surface area contributed by atoms with Crippen LogP contribution in [0.4, 0.5) is 0 Å². The molecule has 2 N–H and O–H groups in total. The molecule has 0 saturated carbocycles. The molecule has 0 aliphatic heterocycles. The van der Waals surface area contributed by atoms with Crippen LogP contribution in [0, 0.1) is 0 Å². The summed E-state index contributed by atoms with van der Waals surface area (Å²) in [5, 5.41) is 3.04. The van der Waals surface area contributed by atoms with Gasteiger partial charge in [-0.15, -0.1) is 0 Å². The van der Waals surface area contributed by atoms with Gasteiger partial charge in [0.1, 0.15) is 19.3 Å². The molecule has 0 aliphatic rings. The van der Waals surface area contributed by atoms with Crippen molar-refractivity contribution in [2.24, 2.45) is 0 Å². The number of allylic oxidation sites excluding steroid dienone is 15. The zero-order valence-corrected chi connectivity index (χ0v) is 50.9. The van der Waals surface area contributed by atoms with E-state index in [2.05, 4.69) is 111 Å². The molecular formula is C66H118N2O7P+. The molecule has 438 valence electrons. The molecule has 0 spiro atoms. The summed E-state index contributed by atoms with van der Waals surface area (Å²) < 4.78 is 30.7. The van der Waals surface area contributed by atoms with E-state index in [0.717, 1.165) is 116 Å². The fourth-order valence-corrected chi connectivity index (χ4v) is 9.20. The number of likely N-dealkylation sites (N-methyl/N-ethyl adjacent to an activating group) is 1. The Hall–Kier alpha value is -3.07. The van der Waals surface area contributed by atoms with E-state index in [4.69, 9.17) is 13.8 Å². The number of esters is 1. The number of carbonyl (C=O) groups excluding carboxylic acids is 2. The Morgan fingerprint density at radius 2 is 0.842 bits per heavy atom. The molecule has 0 rings (SSSR count). The van der Waals surface area contributed by atoms with Crippen molar-refractivity contribution in [3.05, 3.63) is 97.2 Å². The van der Waals surface area contributed by atoms with Gasteiger partial charge >= 0.3 is 13.8 Å². The molecule has 0 saturated heterocycles. The lowest BCUT2D eigenvalue weighted by atomic mass is 10.0. The van der Waals surface area contributed by atoms with Crippen LogP contribution in [0.5, 0.6) is 0 Å². The summed E-state index contributed by atoms with van der Waals surface area (Å²) in [5.74, 6) is -0.546. The summed E-state index contributed by atoms with van der Waals surface area (Å²) in [6, 6.07) is -0.869. The van der Waals surface area contributed by atoms with Crippen LogP contribution in [0.3, 0.4) is 0 Å². The molecule has 0 aromatic carbocycles. The highest BCUT2D eigenvalue weighted by molar-refractivity contribution is 7.47. The second kappa shape index (κ2) is 55.3. The number of nitrogens with zero attached hydrogens (tertiary/aromatic N) is 1. The Morgan fingerprint density at radius 3 is 1.29 bits per heavy atom. The van der Waals surface area contributed by atoms with Crippen LogP contribution >= 0.6 is 7.82 Å². The number of nitrogens with one attached hydrogen (secondary N) is 1. The van der Waals surface area contributed by atoms with E-state index in [1.165, 1.54) is 103 Å². The van der Waals surface area contributed by atoms with E-state index >= 15 is 0 Å². The van der Waals surface area contributed by atoms with Gasteiger partial charge in [0.25, 0.3) is 0 Å². The quantitative estimate of drug-likeness (QED) is 0.0205. The number of ether oxygens (including phenoxy) is 1. The SMILES string of the molecule is CC/C=C/C/C=C/C/C=C/CCCCCCC(=O)OC(/C=C\CCCCCCCCCCCCC)C(COP(=O)(O)OCC[N+](C)(C)C)NC(=O)CCCCCCCCC/C=C\C/C=C\C/C=C\C/C=C\CCCCC. The number of hydrogen-bond donors (Lipinski definition) is 2. The molecule has 3 unspecified atom stereocenters. The molecule has 0 fully saturated rings. The van der Waals surface area contributed by atoms with Crippen molar-refractivity contribution in [3.63, 3.8) is 0 Å². The maximum atomic E-state index is 13.6. The van der Waals surface area contributed by atoms with E-state index in [9.17, 15) is 19.0 Å². The first-order chi connectivity index (χ1) is 36.9. The smallest absolute Gasteiger partial charge is 0.456 e. The van der Waals surface area contributed by atoms with E-state index < -0.39 is 20.0 Å². The number of unbranched alkanes of at least 4 members (excludes halogenated alkanes) is 25. The second-order valence-electron chi connectivity index (χ2n) is 21.8. The van der Waals surface area contributed by atoms with E-state index in [1.54, 1.807) is 0 Å². The summed E-state index contributed by atoms with van der Waals surface area (Å²) in [4.78, 5) is 37.7. The van der Waals surface area contributed by atoms with Crippen molar-refractivity contribution >= 4 is 19.7 Å². The number of carbonyl (C=O) groups is 2. The van der Waals surface area contributed by atoms with E-state index in [0.29, 0.717) is 23.9 Å². The van der Waals surface area contributed by atoms with Gasteiger partial charge < -0.3 is 19.4 Å². The van der Waals surface area contributed by atoms with Gasteiger partial charge in [-0.05, 0) is 109 Å². The average Bonchev–Trinajstić information content (AvgIpc) is 3.38. The van der Waals surface area contributed by atoms with Crippen molar-refractivity contribution in [1.82, 2.24) is 5.32 Å². The lowest BCUT2D eigenvalue weighted by Crippen LogP contribution is -2.47. The molecule has 0 aromatic heterocycles. The van der Waals surface area contributed by atoms with Crippen molar-refractivity contribution in [3.8, 4) is 0 Å². The first-order valence-corrected chi connectivity index (χ1v) is 32.6. The fraction of sp³-hybridized carbons (Fsp3) is 0.727. The maximum absolute atomic E-state index is 13.6. The van der Waals surface area contributed by atoms with Crippen molar-refractivity contribution in [1.29, 1.82) is 0 Å². The normalized spacial score (nSPS) is 14.4. The standard InChI is InChI=1S/C66H117N2O7P/c1-7-10-13-16-19-22-25-28-30-31-32-33-34-35-36-37-38-40-43-46-49-52-55-58-65(69)67-63(62-74-76(71,72)73-61-60-68(4,5)6)64(57-54-51-48-45-42-39-27-24-21-18-15-12-9-3)75-66(70)59-56-53-50-47-44-41-29-26-23-20-17-14-11-8-2/h11,14,19-20,22-23,28-30,32-33,35-36,41,54,57,63-64H,7-10,12-13,15-18,21,24-27,31,34,37-40,42-53,55-56,58-62H2,1-6H3,(H-,67,69,71,72)/p+1/b14-11+,22-19-,23-20+,30-28-,33-32-,36-35-,41-29+,57-54-. The predicted molar refractivity (Wildman–Crippen MR) is 327 cm³/mol. The Kier molecular flexibility index (Phi) is 53.0. The van der Waals surface area contributed by atoms with Crippen LogP contribution < -0.4 is 5.32 Å².